The number of piperidine rings is 1. The zero-order valence-corrected chi connectivity index (χ0v) is 83.5. The molecule has 0 radical (unpaired) electrons. The van der Waals surface area contributed by atoms with Crippen LogP contribution < -0.4 is 46.2 Å². The zero-order valence-electron chi connectivity index (χ0n) is 83.5. The van der Waals surface area contributed by atoms with Crippen LogP contribution in [0.15, 0.2) is 207 Å². The first kappa shape index (κ1) is 94.3. The number of nitrogens with one attached hydrogen (secondary N) is 3. The first-order valence-corrected chi connectivity index (χ1v) is 49.7. The van der Waals surface area contributed by atoms with Crippen molar-refractivity contribution in [3.05, 3.63) is 240 Å². The van der Waals surface area contributed by atoms with Crippen molar-refractivity contribution in [3.8, 4) is 12.1 Å². The maximum atomic E-state index is 13.2. The van der Waals surface area contributed by atoms with E-state index >= 15 is 0 Å². The summed E-state index contributed by atoms with van der Waals surface area (Å²) in [5.74, 6) is -0.365. The molecule has 5 aliphatic rings. The molecule has 5 aromatic carbocycles. The highest BCUT2D eigenvalue weighted by Gasteiger charge is 2.35. The summed E-state index contributed by atoms with van der Waals surface area (Å²) in [6.07, 6.45) is 14.0. The number of hydrogen-bond acceptors (Lipinski definition) is 25. The largest absolute Gasteiger partial charge is 0.369 e. The number of nitrogens with two attached hydrogens (primary N) is 1. The average molecular weight is 1920 g/mol. The van der Waals surface area contributed by atoms with Crippen molar-refractivity contribution < 1.29 is 14.4 Å². The summed E-state index contributed by atoms with van der Waals surface area (Å²) in [5, 5.41) is 33.2. The fourth-order valence-corrected chi connectivity index (χ4v) is 21.7. The number of carbonyl (C=O) groups is 3. The third-order valence-electron chi connectivity index (χ3n) is 29.1. The second-order valence-corrected chi connectivity index (χ2v) is 39.4. The Labute approximate surface area is 832 Å². The third kappa shape index (κ3) is 17.3. The molecule has 730 valence electrons. The maximum Gasteiger partial charge on any atom is 0.255 e. The van der Waals surface area contributed by atoms with Gasteiger partial charge in [0.2, 0.25) is 0 Å². The summed E-state index contributed by atoms with van der Waals surface area (Å²) in [6, 6.07) is 66.9. The standard InChI is InChI=1S/C24H28N6O.C23H26N6O.C22H24N6O.C22H22N6.C20H18N6/c1-15(2)26-24(31)18-13-17-20(29-12-10-16(14-29)28(3)4)9-11-25-22(17)30-21-8-6-5-7-19(21)27-23(18)30;1-4-24-23(30)17-13-16-19(28-12-10-15(14-28)27(2)3)9-11-25-21(16)29-20-8-6-5-7-18(20)26-22(17)29;1-23-22(29)16-12-15-18(27-11-9-14(13-27)26(2)3)8-10-24-20(15)28-19-7-5-4-6-17(19)25-21(16)28;1-14-10-20(27-9-8-16(13-27)26(2)3)17-11-15(12-23)21-25-18-6-4-5-7-19(18)28(21)22(17)24-14;21-11-13-10-15-17(25-9-3-4-14(22)12-25)7-8-23-20(15)26-18-6-2-1-5-16(18)24-19(13)26/h5-9,11,13,15-16H,10,12,14H2,1-4H3,(H,26,31);5-9,11,13,15H,4,10,12,14H2,1-3H3,(H,24,30);4-8,10,12,14H,9,11,13H2,1-3H3,(H,23,29);4-7,10-11,16H,8-9,13H2,1-3H3;1-2,5-8,10,14H,3-4,9,12,22H2/t16-;15-;14-;16-;14-/m00001/s1. The van der Waals surface area contributed by atoms with Crippen molar-refractivity contribution in [1.82, 2.24) is 107 Å². The van der Waals surface area contributed by atoms with Gasteiger partial charge in [0.05, 0.1) is 83.0 Å². The van der Waals surface area contributed by atoms with Gasteiger partial charge in [-0.1, -0.05) is 60.7 Å². The van der Waals surface area contributed by atoms with E-state index in [2.05, 4.69) is 163 Å². The normalized spacial score (nSPS) is 17.2. The van der Waals surface area contributed by atoms with E-state index in [1.165, 1.54) is 0 Å². The Balaban J connectivity index is 0.000000106. The Morgan fingerprint density at radius 1 is 0.375 bits per heavy atom. The highest BCUT2D eigenvalue weighted by Crippen LogP contribution is 2.41. The molecule has 0 aliphatic carbocycles. The number of aryl methyl sites for hydroxylation is 1. The van der Waals surface area contributed by atoms with E-state index < -0.39 is 0 Å². The predicted molar refractivity (Wildman–Crippen MR) is 575 cm³/mol. The van der Waals surface area contributed by atoms with Crippen LogP contribution in [0.4, 0.5) is 28.4 Å². The molecule has 144 heavy (non-hydrogen) atoms. The minimum absolute atomic E-state index is 0.0421. The number of benzene rings is 5. The summed E-state index contributed by atoms with van der Waals surface area (Å²) >= 11 is 0. The van der Waals surface area contributed by atoms with Gasteiger partial charge in [-0.25, -0.2) is 49.8 Å². The van der Waals surface area contributed by atoms with Crippen molar-refractivity contribution >= 4 is 185 Å². The van der Waals surface area contributed by atoms with E-state index in [-0.39, 0.29) is 29.8 Å². The van der Waals surface area contributed by atoms with Gasteiger partial charge in [0, 0.05) is 201 Å². The number of pyridine rings is 10. The van der Waals surface area contributed by atoms with Gasteiger partial charge in [-0.2, -0.15) is 10.5 Å². The van der Waals surface area contributed by atoms with Gasteiger partial charge in [-0.05, 0) is 244 Å². The van der Waals surface area contributed by atoms with Crippen LogP contribution in [-0.4, -0.2) is 281 Å². The molecule has 0 spiro atoms. The lowest BCUT2D eigenvalue weighted by Crippen LogP contribution is -2.42. The summed E-state index contributed by atoms with van der Waals surface area (Å²) in [6.45, 7) is 18.1. The number of imidazole rings is 5. The first-order valence-electron chi connectivity index (χ1n) is 49.7. The van der Waals surface area contributed by atoms with Crippen LogP contribution in [-0.2, 0) is 0 Å². The Bertz CT molecular complexity index is 8530. The molecule has 0 bridgehead atoms. The lowest BCUT2D eigenvalue weighted by atomic mass is 10.0. The highest BCUT2D eigenvalue weighted by atomic mass is 16.2. The summed E-state index contributed by atoms with van der Waals surface area (Å²) < 4.78 is 10.1. The molecule has 5 saturated heterocycles. The van der Waals surface area contributed by atoms with Crippen molar-refractivity contribution in [1.29, 1.82) is 10.5 Å². The number of aromatic nitrogens is 15. The van der Waals surface area contributed by atoms with Crippen molar-refractivity contribution in [2.24, 2.45) is 5.73 Å². The maximum absolute atomic E-state index is 13.2. The lowest BCUT2D eigenvalue weighted by molar-refractivity contribution is 0.0939. The molecule has 0 unspecified atom stereocenters. The fraction of sp³-hybridized carbons (Fsp3) is 0.324. The summed E-state index contributed by atoms with van der Waals surface area (Å²) in [7, 11) is 18.7. The smallest absolute Gasteiger partial charge is 0.255 e. The summed E-state index contributed by atoms with van der Waals surface area (Å²) in [4.78, 5) is 107. The zero-order chi connectivity index (χ0) is 99.7. The number of nitriles is 2. The van der Waals surface area contributed by atoms with E-state index in [0.717, 1.165) is 248 Å². The number of nitrogens with zero attached hydrogens (tertiary/aromatic N) is 26. The molecule has 3 amide bonds. The van der Waals surface area contributed by atoms with Crippen LogP contribution in [0.25, 0.3) is 139 Å². The molecule has 5 atom stereocenters. The van der Waals surface area contributed by atoms with Crippen LogP contribution in [0.3, 0.4) is 0 Å². The highest BCUT2D eigenvalue weighted by molar-refractivity contribution is 6.11. The number of fused-ring (bicyclic) bond motifs is 25. The van der Waals surface area contributed by atoms with E-state index in [1.807, 2.05) is 232 Å². The fourth-order valence-electron chi connectivity index (χ4n) is 21.7. The average Bonchev–Trinajstić information content (AvgIpc) is 1.58. The Morgan fingerprint density at radius 2 is 0.681 bits per heavy atom. The van der Waals surface area contributed by atoms with Crippen molar-refractivity contribution in [2.45, 2.75) is 102 Å². The molecular formula is C111H118N30O3. The molecule has 15 aromatic heterocycles. The van der Waals surface area contributed by atoms with Gasteiger partial charge in [0.1, 0.15) is 40.4 Å². The van der Waals surface area contributed by atoms with E-state index in [4.69, 9.17) is 45.6 Å². The monoisotopic (exact) mass is 1920 g/mol. The molecule has 5 N–H and O–H groups in total. The number of hydrogen-bond donors (Lipinski definition) is 4. The van der Waals surface area contributed by atoms with Crippen LogP contribution in [0, 0.1) is 29.6 Å². The molecule has 25 rings (SSSR count). The van der Waals surface area contributed by atoms with Crippen LogP contribution in [0.1, 0.15) is 107 Å². The van der Waals surface area contributed by atoms with Gasteiger partial charge < -0.3 is 65.8 Å². The molecule has 5 aliphatic heterocycles. The number of para-hydroxylation sites is 10. The summed E-state index contributed by atoms with van der Waals surface area (Å²) in [5.41, 5.74) is 32.2. The molecule has 20 heterocycles. The number of amides is 3. The van der Waals surface area contributed by atoms with Gasteiger partial charge in [-0.3, -0.25) is 36.4 Å². The van der Waals surface area contributed by atoms with Crippen LogP contribution >= 0.6 is 0 Å². The van der Waals surface area contributed by atoms with Crippen LogP contribution in [0.2, 0.25) is 0 Å². The van der Waals surface area contributed by atoms with Gasteiger partial charge >= 0.3 is 0 Å². The molecule has 20 aromatic rings. The number of rotatable bonds is 14. The topological polar surface area (TPSA) is 341 Å². The molecule has 33 heteroatoms. The number of carbonyl (C=O) groups excluding carboxylic acids is 3. The second kappa shape index (κ2) is 39.2. The van der Waals surface area contributed by atoms with Gasteiger partial charge in [-0.15, -0.1) is 0 Å². The van der Waals surface area contributed by atoms with Gasteiger partial charge in [0.15, 0.2) is 28.2 Å². The molecule has 0 saturated carbocycles. The minimum Gasteiger partial charge on any atom is -0.369 e. The Morgan fingerprint density at radius 3 is 1.01 bits per heavy atom. The third-order valence-corrected chi connectivity index (χ3v) is 29.1. The Kier molecular flexibility index (Phi) is 25.7. The quantitative estimate of drug-likeness (QED) is 0.0785. The van der Waals surface area contributed by atoms with Gasteiger partial charge in [0.25, 0.3) is 17.7 Å². The predicted octanol–water partition coefficient (Wildman–Crippen LogP) is 15.0. The lowest BCUT2D eigenvalue weighted by Gasteiger charge is -2.33. The van der Waals surface area contributed by atoms with Crippen molar-refractivity contribution in [3.63, 3.8) is 0 Å². The van der Waals surface area contributed by atoms with E-state index in [9.17, 15) is 24.9 Å². The first-order chi connectivity index (χ1) is 69.9. The van der Waals surface area contributed by atoms with Crippen LogP contribution in [0.5, 0.6) is 0 Å². The molecular weight excluding hydrogens is 1800 g/mol. The van der Waals surface area contributed by atoms with E-state index in [1.54, 1.807) is 7.05 Å². The number of likely N-dealkylation sites (N-methyl/N-ethyl adjacent to an activating group) is 4. The second-order valence-electron chi connectivity index (χ2n) is 39.4. The molecule has 5 fully saturated rings. The number of anilines is 5. The minimum atomic E-state index is -0.144. The van der Waals surface area contributed by atoms with E-state index in [0.29, 0.717) is 86.8 Å². The SMILES string of the molecule is CC(C)NC(=O)c1cc2c(N3CC[C@H](N(C)C)C3)ccnc2n2c1nc1ccccc12.CCNC(=O)c1cc2c(N3CC[C@H](N(C)C)C3)ccnc2n2c1nc1ccccc12.CNC(=O)c1cc2c(N3CC[C@H](N(C)C)C3)ccnc2n2c1nc1ccccc12.Cc1cc(N2CC[C@H](N(C)C)C2)c2cc(C#N)c3nc4ccccc4n3c2n1.N#Cc1cc2c(N3CCC[C@@H](N)C3)ccnc2n2c1nc1ccccc12. The van der Waals surface area contributed by atoms with Crippen molar-refractivity contribution in [2.75, 3.05) is 160 Å². The Hall–Kier alpha value is -15.9. The molecule has 33 nitrogen and oxygen atoms in total.